The standard InChI is InChI=1S/2C6H9NO2/c2*1-2-4-3-5(8)7-6(4)9/h2*4H,2-3H2,1H3,(H,7,8,9). The number of hydrogen-bond acceptors (Lipinski definition) is 4. The lowest BCUT2D eigenvalue weighted by Crippen LogP contribution is -2.21. The molecule has 6 heteroatoms. The van der Waals surface area contributed by atoms with E-state index in [9.17, 15) is 19.2 Å². The number of carbonyl (C=O) groups excluding carboxylic acids is 4. The highest BCUT2D eigenvalue weighted by molar-refractivity contribution is 6.03. The number of nitrogens with one attached hydrogen (secondary N) is 2. The van der Waals surface area contributed by atoms with Gasteiger partial charge in [-0.1, -0.05) is 13.8 Å². The molecule has 0 radical (unpaired) electrons. The minimum absolute atomic E-state index is 0.0579. The summed E-state index contributed by atoms with van der Waals surface area (Å²) in [5.74, 6) is -0.598. The first-order chi connectivity index (χ1) is 8.47. The zero-order valence-corrected chi connectivity index (χ0v) is 10.6. The van der Waals surface area contributed by atoms with Crippen LogP contribution in [0.3, 0.4) is 0 Å². The van der Waals surface area contributed by atoms with Crippen molar-refractivity contribution in [2.75, 3.05) is 0 Å². The van der Waals surface area contributed by atoms with E-state index in [2.05, 4.69) is 10.6 Å². The third kappa shape index (κ3) is 3.65. The molecule has 0 spiro atoms. The smallest absolute Gasteiger partial charge is 0.230 e. The molecular formula is C12H18N2O4. The van der Waals surface area contributed by atoms with Gasteiger partial charge >= 0.3 is 0 Å². The molecule has 2 fully saturated rings. The Hall–Kier alpha value is -1.72. The lowest BCUT2D eigenvalue weighted by Gasteiger charge is -1.96. The van der Waals surface area contributed by atoms with E-state index in [4.69, 9.17) is 0 Å². The van der Waals surface area contributed by atoms with Crippen LogP contribution in [-0.2, 0) is 19.2 Å². The topological polar surface area (TPSA) is 92.3 Å². The van der Waals surface area contributed by atoms with E-state index in [1.54, 1.807) is 0 Å². The maximum atomic E-state index is 10.7. The number of hydrogen-bond donors (Lipinski definition) is 2. The van der Waals surface area contributed by atoms with Crippen LogP contribution < -0.4 is 10.6 Å². The Morgan fingerprint density at radius 2 is 1.17 bits per heavy atom. The van der Waals surface area contributed by atoms with E-state index in [0.29, 0.717) is 12.8 Å². The number of carbonyl (C=O) groups is 4. The Morgan fingerprint density at radius 1 is 0.833 bits per heavy atom. The zero-order valence-electron chi connectivity index (χ0n) is 10.6. The molecule has 2 unspecified atom stereocenters. The number of amides is 4. The largest absolute Gasteiger partial charge is 0.296 e. The maximum Gasteiger partial charge on any atom is 0.230 e. The minimum Gasteiger partial charge on any atom is -0.296 e. The van der Waals surface area contributed by atoms with Crippen LogP contribution in [0.4, 0.5) is 0 Å². The molecule has 18 heavy (non-hydrogen) atoms. The molecule has 0 aromatic carbocycles. The first kappa shape index (κ1) is 14.3. The monoisotopic (exact) mass is 254 g/mol. The van der Waals surface area contributed by atoms with Crippen LogP contribution in [0, 0.1) is 11.8 Å². The van der Waals surface area contributed by atoms with Gasteiger partial charge in [-0.25, -0.2) is 0 Å². The van der Waals surface area contributed by atoms with E-state index in [1.807, 2.05) is 13.8 Å². The molecule has 2 rings (SSSR count). The summed E-state index contributed by atoms with van der Waals surface area (Å²) in [7, 11) is 0. The average Bonchev–Trinajstić information content (AvgIpc) is 2.81. The van der Waals surface area contributed by atoms with Gasteiger partial charge in [-0.05, 0) is 12.8 Å². The fraction of sp³-hybridized carbons (Fsp3) is 0.667. The van der Waals surface area contributed by atoms with Gasteiger partial charge in [0.05, 0.1) is 0 Å². The Balaban J connectivity index is 0.000000180. The van der Waals surface area contributed by atoms with Crippen LogP contribution in [0.5, 0.6) is 0 Å². The lowest BCUT2D eigenvalue weighted by molar-refractivity contribution is -0.127. The summed E-state index contributed by atoms with van der Waals surface area (Å²) >= 11 is 0. The van der Waals surface area contributed by atoms with E-state index in [1.165, 1.54) is 0 Å². The fourth-order valence-corrected chi connectivity index (χ4v) is 1.87. The molecular weight excluding hydrogens is 236 g/mol. The number of rotatable bonds is 2. The second-order valence-electron chi connectivity index (χ2n) is 4.44. The molecule has 2 aliphatic rings. The summed E-state index contributed by atoms with van der Waals surface area (Å²) in [4.78, 5) is 42.3. The summed E-state index contributed by atoms with van der Waals surface area (Å²) in [5.41, 5.74) is 0. The van der Waals surface area contributed by atoms with Gasteiger partial charge < -0.3 is 0 Å². The summed E-state index contributed by atoms with van der Waals surface area (Å²) in [5, 5.41) is 4.48. The van der Waals surface area contributed by atoms with Crippen molar-refractivity contribution in [2.45, 2.75) is 39.5 Å². The van der Waals surface area contributed by atoms with Crippen molar-refractivity contribution in [3.05, 3.63) is 0 Å². The predicted octanol–water partition coefficient (Wildman–Crippen LogP) is 0.118. The molecule has 4 amide bonds. The van der Waals surface area contributed by atoms with Gasteiger partial charge in [0.2, 0.25) is 23.6 Å². The van der Waals surface area contributed by atoms with Gasteiger partial charge in [0.25, 0.3) is 0 Å². The first-order valence-electron chi connectivity index (χ1n) is 6.15. The fourth-order valence-electron chi connectivity index (χ4n) is 1.87. The van der Waals surface area contributed by atoms with Gasteiger partial charge in [0, 0.05) is 24.7 Å². The second-order valence-corrected chi connectivity index (χ2v) is 4.44. The van der Waals surface area contributed by atoms with E-state index in [0.717, 1.165) is 12.8 Å². The molecule has 0 aliphatic carbocycles. The highest BCUT2D eigenvalue weighted by Gasteiger charge is 2.28. The van der Waals surface area contributed by atoms with E-state index < -0.39 is 0 Å². The van der Waals surface area contributed by atoms with Crippen LogP contribution in [0.25, 0.3) is 0 Å². The predicted molar refractivity (Wildman–Crippen MR) is 63.1 cm³/mol. The summed E-state index contributed by atoms with van der Waals surface area (Å²) < 4.78 is 0. The van der Waals surface area contributed by atoms with Crippen LogP contribution in [0.1, 0.15) is 39.5 Å². The summed E-state index contributed by atoms with van der Waals surface area (Å²) in [6.07, 6.45) is 2.29. The highest BCUT2D eigenvalue weighted by atomic mass is 16.2. The number of imide groups is 2. The second kappa shape index (κ2) is 6.28. The SMILES string of the molecule is CCC1CC(=O)NC1=O.CCC1CC(=O)NC1=O. The van der Waals surface area contributed by atoms with Gasteiger partial charge in [-0.2, -0.15) is 0 Å². The molecule has 0 aromatic rings. The molecule has 0 aromatic heterocycles. The Bertz CT molecular complexity index is 342. The van der Waals surface area contributed by atoms with Crippen molar-refractivity contribution in [3.63, 3.8) is 0 Å². The normalized spacial score (nSPS) is 26.6. The van der Waals surface area contributed by atoms with Crippen molar-refractivity contribution in [1.82, 2.24) is 10.6 Å². The van der Waals surface area contributed by atoms with E-state index >= 15 is 0 Å². The molecule has 2 atom stereocenters. The van der Waals surface area contributed by atoms with Gasteiger partial charge in [0.15, 0.2) is 0 Å². The van der Waals surface area contributed by atoms with Gasteiger partial charge in [0.1, 0.15) is 0 Å². The highest BCUT2D eigenvalue weighted by Crippen LogP contribution is 2.13. The third-order valence-electron chi connectivity index (χ3n) is 3.12. The Morgan fingerprint density at radius 3 is 1.28 bits per heavy atom. The van der Waals surface area contributed by atoms with Crippen LogP contribution >= 0.6 is 0 Å². The van der Waals surface area contributed by atoms with Crippen LogP contribution in [0.2, 0.25) is 0 Å². The summed E-state index contributed by atoms with van der Waals surface area (Å²) in [6, 6.07) is 0. The van der Waals surface area contributed by atoms with Crippen molar-refractivity contribution in [2.24, 2.45) is 11.8 Å². The van der Waals surface area contributed by atoms with Crippen LogP contribution in [0.15, 0.2) is 0 Å². The Labute approximate surface area is 105 Å². The Kier molecular flexibility index (Phi) is 5.00. The maximum absolute atomic E-state index is 10.7. The average molecular weight is 254 g/mol. The van der Waals surface area contributed by atoms with Gasteiger partial charge in [-0.15, -0.1) is 0 Å². The zero-order chi connectivity index (χ0) is 13.7. The molecule has 6 nitrogen and oxygen atoms in total. The first-order valence-corrected chi connectivity index (χ1v) is 6.15. The molecule has 2 aliphatic heterocycles. The van der Waals surface area contributed by atoms with E-state index in [-0.39, 0.29) is 35.5 Å². The van der Waals surface area contributed by atoms with Crippen molar-refractivity contribution in [3.8, 4) is 0 Å². The van der Waals surface area contributed by atoms with Crippen molar-refractivity contribution in [1.29, 1.82) is 0 Å². The molecule has 2 heterocycles. The molecule has 0 saturated carbocycles. The molecule has 2 saturated heterocycles. The molecule has 0 bridgehead atoms. The lowest BCUT2D eigenvalue weighted by atomic mass is 10.1. The van der Waals surface area contributed by atoms with Gasteiger partial charge in [-0.3, -0.25) is 29.8 Å². The van der Waals surface area contributed by atoms with Crippen LogP contribution in [-0.4, -0.2) is 23.6 Å². The quantitative estimate of drug-likeness (QED) is 0.684. The molecule has 100 valence electrons. The summed E-state index contributed by atoms with van der Waals surface area (Å²) in [6.45, 7) is 3.81. The minimum atomic E-state index is -0.133. The van der Waals surface area contributed by atoms with Crippen molar-refractivity contribution >= 4 is 23.6 Å². The van der Waals surface area contributed by atoms with Crippen molar-refractivity contribution < 1.29 is 19.2 Å². The third-order valence-corrected chi connectivity index (χ3v) is 3.12. The molecule has 2 N–H and O–H groups in total.